The molecule has 0 spiro atoms. The Kier molecular flexibility index (Phi) is 9.56. The van der Waals surface area contributed by atoms with Crippen LogP contribution in [-0.4, -0.2) is 54.8 Å². The van der Waals surface area contributed by atoms with Crippen molar-refractivity contribution in [2.24, 2.45) is 5.73 Å². The number of benzene rings is 2. The van der Waals surface area contributed by atoms with E-state index >= 15 is 0 Å². The lowest BCUT2D eigenvalue weighted by molar-refractivity contribution is -0.124. The number of amides is 5. The van der Waals surface area contributed by atoms with Gasteiger partial charge in [-0.2, -0.15) is 0 Å². The monoisotopic (exact) mass is 526 g/mol. The third kappa shape index (κ3) is 7.26. The van der Waals surface area contributed by atoms with Gasteiger partial charge in [-0.25, -0.2) is 4.79 Å². The van der Waals surface area contributed by atoms with Gasteiger partial charge in [0, 0.05) is 13.1 Å². The van der Waals surface area contributed by atoms with Crippen molar-refractivity contribution >= 4 is 40.9 Å². The molecule has 0 aromatic heterocycles. The van der Waals surface area contributed by atoms with E-state index in [2.05, 4.69) is 10.6 Å². The van der Waals surface area contributed by atoms with Crippen molar-refractivity contribution in [1.82, 2.24) is 15.5 Å². The molecule has 11 heteroatoms. The summed E-state index contributed by atoms with van der Waals surface area (Å²) in [5.41, 5.74) is 7.66. The highest BCUT2D eigenvalue weighted by Crippen LogP contribution is 2.34. The van der Waals surface area contributed by atoms with E-state index in [1.54, 1.807) is 24.3 Å². The standard InChI is InChI=1S/C26H30N4O6S/c1-4-36-20-10-9-17(13-21(20)35-3)14-22-24(32)30(26(34)37-22)12-11-28-23(31)15-19(29-25(27)33)18-8-6-5-7-16(18)2/h5-10,13-14,19H,4,11-12,15H2,1-3H3,(H,28,31)(H3,27,29,33). The van der Waals surface area contributed by atoms with E-state index in [-0.39, 0.29) is 30.3 Å². The molecule has 0 aliphatic carbocycles. The Morgan fingerprint density at radius 3 is 2.59 bits per heavy atom. The first-order chi connectivity index (χ1) is 17.7. The van der Waals surface area contributed by atoms with Crippen LogP contribution in [0.3, 0.4) is 0 Å². The van der Waals surface area contributed by atoms with Crippen LogP contribution in [0.2, 0.25) is 0 Å². The van der Waals surface area contributed by atoms with Gasteiger partial charge in [0.05, 0.1) is 31.1 Å². The van der Waals surface area contributed by atoms with Crippen molar-refractivity contribution in [3.05, 3.63) is 64.1 Å². The predicted molar refractivity (Wildman–Crippen MR) is 141 cm³/mol. The molecule has 1 heterocycles. The molecule has 0 bridgehead atoms. The number of thioether (sulfide) groups is 1. The Morgan fingerprint density at radius 1 is 1.16 bits per heavy atom. The van der Waals surface area contributed by atoms with Crippen molar-refractivity contribution < 1.29 is 28.7 Å². The number of rotatable bonds is 11. The molecular formula is C26H30N4O6S. The number of ether oxygens (including phenoxy) is 2. The lowest BCUT2D eigenvalue weighted by Gasteiger charge is -2.20. The highest BCUT2D eigenvalue weighted by molar-refractivity contribution is 8.18. The number of primary amides is 1. The molecular weight excluding hydrogens is 496 g/mol. The lowest BCUT2D eigenvalue weighted by Crippen LogP contribution is -2.40. The maximum Gasteiger partial charge on any atom is 0.312 e. The first-order valence-electron chi connectivity index (χ1n) is 11.7. The van der Waals surface area contributed by atoms with Gasteiger partial charge in [-0.15, -0.1) is 0 Å². The van der Waals surface area contributed by atoms with Gasteiger partial charge in [0.15, 0.2) is 11.5 Å². The lowest BCUT2D eigenvalue weighted by atomic mass is 9.98. The number of hydrogen-bond donors (Lipinski definition) is 3. The molecule has 1 aliphatic rings. The van der Waals surface area contributed by atoms with Crippen molar-refractivity contribution in [1.29, 1.82) is 0 Å². The molecule has 1 unspecified atom stereocenters. The van der Waals surface area contributed by atoms with Crippen molar-refractivity contribution in [2.45, 2.75) is 26.3 Å². The van der Waals surface area contributed by atoms with Crippen LogP contribution in [0.5, 0.6) is 11.5 Å². The summed E-state index contributed by atoms with van der Waals surface area (Å²) < 4.78 is 10.8. The van der Waals surface area contributed by atoms with Crippen LogP contribution < -0.4 is 25.8 Å². The molecule has 4 N–H and O–H groups in total. The number of carbonyl (C=O) groups excluding carboxylic acids is 4. The minimum atomic E-state index is -0.740. The first-order valence-corrected chi connectivity index (χ1v) is 12.5. The summed E-state index contributed by atoms with van der Waals surface area (Å²) in [6.45, 7) is 4.31. The molecule has 10 nitrogen and oxygen atoms in total. The van der Waals surface area contributed by atoms with Gasteiger partial charge in [-0.05, 0) is 60.5 Å². The number of imide groups is 1. The Bertz CT molecular complexity index is 1220. The summed E-state index contributed by atoms with van der Waals surface area (Å²) in [6.07, 6.45) is 1.57. The van der Waals surface area contributed by atoms with E-state index in [9.17, 15) is 19.2 Å². The predicted octanol–water partition coefficient (Wildman–Crippen LogP) is 3.35. The van der Waals surface area contributed by atoms with Crippen LogP contribution in [0.4, 0.5) is 9.59 Å². The van der Waals surface area contributed by atoms with Crippen molar-refractivity contribution in [2.75, 3.05) is 26.8 Å². The zero-order valence-electron chi connectivity index (χ0n) is 20.9. The first kappa shape index (κ1) is 27.6. The Morgan fingerprint density at radius 2 is 1.92 bits per heavy atom. The van der Waals surface area contributed by atoms with Crippen LogP contribution in [0.1, 0.15) is 36.1 Å². The Hall–Kier alpha value is -3.99. The van der Waals surface area contributed by atoms with Gasteiger partial charge >= 0.3 is 6.03 Å². The molecule has 0 saturated carbocycles. The Balaban J connectivity index is 1.59. The maximum atomic E-state index is 12.8. The molecule has 1 saturated heterocycles. The molecule has 2 aromatic rings. The van der Waals surface area contributed by atoms with Gasteiger partial charge in [0.2, 0.25) is 5.91 Å². The van der Waals surface area contributed by atoms with Crippen LogP contribution in [0.15, 0.2) is 47.4 Å². The third-order valence-electron chi connectivity index (χ3n) is 5.59. The summed E-state index contributed by atoms with van der Waals surface area (Å²) in [6, 6.07) is 11.3. The highest BCUT2D eigenvalue weighted by Gasteiger charge is 2.34. The molecule has 5 amide bonds. The molecule has 2 aromatic carbocycles. The van der Waals surface area contributed by atoms with Crippen molar-refractivity contribution in [3.8, 4) is 11.5 Å². The fourth-order valence-electron chi connectivity index (χ4n) is 3.85. The molecule has 3 rings (SSSR count). The zero-order valence-corrected chi connectivity index (χ0v) is 21.7. The van der Waals surface area contributed by atoms with Crippen LogP contribution in [0, 0.1) is 6.92 Å². The number of methoxy groups -OCH3 is 1. The maximum absolute atomic E-state index is 12.8. The third-order valence-corrected chi connectivity index (χ3v) is 6.49. The normalized spacial score (nSPS) is 15.0. The smallest absolute Gasteiger partial charge is 0.312 e. The number of carbonyl (C=O) groups is 4. The van der Waals surface area contributed by atoms with Crippen LogP contribution in [0.25, 0.3) is 6.08 Å². The fraction of sp³-hybridized carbons (Fsp3) is 0.308. The fourth-order valence-corrected chi connectivity index (χ4v) is 4.71. The molecule has 1 aliphatic heterocycles. The van der Waals surface area contributed by atoms with Gasteiger partial charge in [-0.3, -0.25) is 19.3 Å². The number of urea groups is 1. The summed E-state index contributed by atoms with van der Waals surface area (Å²) in [4.78, 5) is 50.7. The quantitative estimate of drug-likeness (QED) is 0.382. The minimum absolute atomic E-state index is 0.0125. The second-order valence-corrected chi connectivity index (χ2v) is 9.14. The molecule has 1 fully saturated rings. The number of nitrogens with zero attached hydrogens (tertiary/aromatic N) is 1. The Labute approximate surface area is 219 Å². The van der Waals surface area contributed by atoms with Gasteiger partial charge < -0.3 is 25.8 Å². The SMILES string of the molecule is CCOc1ccc(C=C2SC(=O)N(CCNC(=O)CC(NC(N)=O)c3ccccc3C)C2=O)cc1OC. The van der Waals surface area contributed by atoms with E-state index in [0.29, 0.717) is 23.7 Å². The summed E-state index contributed by atoms with van der Waals surface area (Å²) in [5, 5.41) is 4.88. The number of nitrogens with one attached hydrogen (secondary N) is 2. The average Bonchev–Trinajstić information content (AvgIpc) is 3.12. The average molecular weight is 527 g/mol. The number of hydrogen-bond acceptors (Lipinski definition) is 7. The topological polar surface area (TPSA) is 140 Å². The highest BCUT2D eigenvalue weighted by atomic mass is 32.2. The van der Waals surface area contributed by atoms with Crippen molar-refractivity contribution in [3.63, 3.8) is 0 Å². The van der Waals surface area contributed by atoms with Gasteiger partial charge in [0.1, 0.15) is 0 Å². The second kappa shape index (κ2) is 12.8. The van der Waals surface area contributed by atoms with E-state index in [1.807, 2.05) is 38.1 Å². The summed E-state index contributed by atoms with van der Waals surface area (Å²) in [5.74, 6) is 0.310. The minimum Gasteiger partial charge on any atom is -0.493 e. The van der Waals surface area contributed by atoms with Crippen LogP contribution >= 0.6 is 11.8 Å². The number of aryl methyl sites for hydroxylation is 1. The molecule has 196 valence electrons. The summed E-state index contributed by atoms with van der Waals surface area (Å²) in [7, 11) is 1.52. The molecule has 1 atom stereocenters. The largest absolute Gasteiger partial charge is 0.493 e. The molecule has 0 radical (unpaired) electrons. The number of nitrogens with two attached hydrogens (primary N) is 1. The van der Waals surface area contributed by atoms with E-state index in [1.165, 1.54) is 7.11 Å². The zero-order chi connectivity index (χ0) is 26.9. The van der Waals surface area contributed by atoms with E-state index in [0.717, 1.165) is 27.8 Å². The summed E-state index contributed by atoms with van der Waals surface area (Å²) >= 11 is 0.832. The second-order valence-electron chi connectivity index (χ2n) is 8.15. The van der Waals surface area contributed by atoms with E-state index in [4.69, 9.17) is 15.2 Å². The van der Waals surface area contributed by atoms with Gasteiger partial charge in [0.25, 0.3) is 11.1 Å². The van der Waals surface area contributed by atoms with Crippen LogP contribution in [-0.2, 0) is 9.59 Å². The molecule has 37 heavy (non-hydrogen) atoms. The van der Waals surface area contributed by atoms with E-state index < -0.39 is 23.2 Å². The van der Waals surface area contributed by atoms with Gasteiger partial charge in [-0.1, -0.05) is 30.3 Å².